The summed E-state index contributed by atoms with van der Waals surface area (Å²) in [5.74, 6) is -1.25. The maximum Gasteiger partial charge on any atom is 0.472 e. The molecule has 0 saturated carbocycles. The highest BCUT2D eigenvalue weighted by Gasteiger charge is 2.52. The first-order valence-electron chi connectivity index (χ1n) is 23.0. The third kappa shape index (κ3) is 11.9. The first kappa shape index (κ1) is 55.5. The Morgan fingerprint density at radius 3 is 2.08 bits per heavy atom. The van der Waals surface area contributed by atoms with E-state index < -0.39 is 115 Å². The zero-order valence-electron chi connectivity index (χ0n) is 40.1. The van der Waals surface area contributed by atoms with Gasteiger partial charge in [-0.25, -0.2) is 33.6 Å². The van der Waals surface area contributed by atoms with E-state index in [2.05, 4.69) is 44.9 Å². The van der Waals surface area contributed by atoms with Gasteiger partial charge >= 0.3 is 23.5 Å². The molecule has 0 aromatic carbocycles. The Bertz CT molecular complexity index is 3300. The summed E-state index contributed by atoms with van der Waals surface area (Å²) in [7, 11) is -12.9. The lowest BCUT2D eigenvalue weighted by atomic mass is 10.1. The Morgan fingerprint density at radius 1 is 0.737 bits per heavy atom. The monoisotopic (exact) mass is 1130 g/mol. The number of methoxy groups -OCH3 is 2. The molecule has 6 aromatic heterocycles. The maximum absolute atomic E-state index is 14.0. The Hall–Kier alpha value is -5.23. The highest BCUT2D eigenvalue weighted by Crippen LogP contribution is 2.53. The minimum absolute atomic E-state index is 0.00562. The molecule has 3 aliphatic rings. The van der Waals surface area contributed by atoms with Crippen molar-refractivity contribution in [2.24, 2.45) is 5.92 Å². The van der Waals surface area contributed by atoms with Gasteiger partial charge in [-0.3, -0.25) is 56.2 Å². The molecule has 13 atom stereocenters. The van der Waals surface area contributed by atoms with Gasteiger partial charge in [0.25, 0.3) is 11.1 Å². The van der Waals surface area contributed by atoms with Gasteiger partial charge in [0.1, 0.15) is 54.6 Å². The fraction of sp³-hybridized carbons (Fsp3) is 0.579. The van der Waals surface area contributed by atoms with Crippen molar-refractivity contribution in [2.45, 2.75) is 74.6 Å². The minimum atomic E-state index is -5.23. The molecule has 38 heteroatoms. The molecule has 0 bridgehead atoms. The molecule has 9 rings (SSSR count). The van der Waals surface area contributed by atoms with Crippen LogP contribution in [0.4, 0.5) is 17.7 Å². The lowest BCUT2D eigenvalue weighted by Gasteiger charge is -2.27. The van der Waals surface area contributed by atoms with Crippen LogP contribution in [-0.2, 0) is 72.9 Å². The van der Waals surface area contributed by atoms with E-state index in [1.54, 1.807) is 11.1 Å². The number of nitrogen functional groups attached to an aromatic ring is 3. The number of aromatic nitrogens is 11. The number of rotatable bonds is 24. The van der Waals surface area contributed by atoms with E-state index in [1.807, 2.05) is 0 Å². The first-order chi connectivity index (χ1) is 36.2. The van der Waals surface area contributed by atoms with Crippen LogP contribution in [0.2, 0.25) is 0 Å². The number of ether oxygens (including phenoxy) is 4. The molecule has 76 heavy (non-hydrogen) atoms. The van der Waals surface area contributed by atoms with Crippen molar-refractivity contribution >= 4 is 74.5 Å². The molecular formula is C38H54N15O20P3. The molecule has 3 aliphatic heterocycles. The van der Waals surface area contributed by atoms with Crippen LogP contribution < -0.4 is 28.3 Å². The van der Waals surface area contributed by atoms with Crippen LogP contribution in [0.3, 0.4) is 0 Å². The lowest BCUT2D eigenvalue weighted by Crippen LogP contribution is -2.39. The number of imidazole rings is 2. The Balaban J connectivity index is 0.924. The van der Waals surface area contributed by atoms with E-state index >= 15 is 0 Å². The largest absolute Gasteiger partial charge is 0.472 e. The van der Waals surface area contributed by atoms with Crippen molar-refractivity contribution < 1.29 is 84.7 Å². The SMILES string of the molecule is CO[C@H]1C(OP(=O)(O)OCCCO)[C@@H](COP(=O)(O)O[C@@H]2CN(Cc3c[nH]c4c(N)ncnc34)C[C@@H]2COP(=O)(O)OC2[C@@H](CO)O[C@@H](n3cnc4c(=O)[nH]c(N)nc43)[C@H]2OC)O[C@H]1Cn1cnc2c(=O)[nH]c(N)nc21. The van der Waals surface area contributed by atoms with Crippen LogP contribution in [0.15, 0.2) is 34.8 Å². The third-order valence-corrected chi connectivity index (χ3v) is 15.6. The molecule has 9 heterocycles. The zero-order chi connectivity index (χ0) is 54.3. The van der Waals surface area contributed by atoms with Gasteiger partial charge in [0, 0.05) is 58.1 Å². The number of nitrogens with two attached hydrogens (primary N) is 3. The molecule has 0 spiro atoms. The summed E-state index contributed by atoms with van der Waals surface area (Å²) < 4.78 is 100. The first-order valence-corrected chi connectivity index (χ1v) is 27.5. The van der Waals surface area contributed by atoms with Crippen LogP contribution in [0, 0.1) is 5.92 Å². The summed E-state index contributed by atoms with van der Waals surface area (Å²) >= 11 is 0. The van der Waals surface area contributed by atoms with Crippen LogP contribution in [0.25, 0.3) is 33.4 Å². The minimum Gasteiger partial charge on any atom is -0.396 e. The van der Waals surface area contributed by atoms with E-state index in [1.165, 1.54) is 42.3 Å². The van der Waals surface area contributed by atoms with Gasteiger partial charge in [-0.05, 0) is 6.42 Å². The molecule has 0 amide bonds. The smallest absolute Gasteiger partial charge is 0.396 e. The number of fused-ring (bicyclic) bond motifs is 3. The van der Waals surface area contributed by atoms with E-state index in [4.69, 9.17) is 63.3 Å². The van der Waals surface area contributed by atoms with Crippen molar-refractivity contribution in [3.63, 3.8) is 0 Å². The summed E-state index contributed by atoms with van der Waals surface area (Å²) in [5, 5.41) is 19.5. The summed E-state index contributed by atoms with van der Waals surface area (Å²) in [6, 6.07) is 0. The number of aliphatic hydroxyl groups is 2. The summed E-state index contributed by atoms with van der Waals surface area (Å²) in [4.78, 5) is 92.5. The molecule has 3 fully saturated rings. The number of phosphoric ester groups is 3. The molecule has 35 nitrogen and oxygen atoms in total. The van der Waals surface area contributed by atoms with Crippen molar-refractivity contribution in [1.29, 1.82) is 0 Å². The molecule has 0 aliphatic carbocycles. The van der Waals surface area contributed by atoms with Crippen molar-refractivity contribution in [2.75, 3.05) is 77.5 Å². The molecule has 6 aromatic rings. The number of nitrogens with one attached hydrogen (secondary N) is 3. The summed E-state index contributed by atoms with van der Waals surface area (Å²) in [6.45, 7) is -3.14. The van der Waals surface area contributed by atoms with E-state index in [-0.39, 0.29) is 85.9 Å². The van der Waals surface area contributed by atoms with E-state index in [0.29, 0.717) is 16.6 Å². The summed E-state index contributed by atoms with van der Waals surface area (Å²) in [6.07, 6.45) is -6.52. The van der Waals surface area contributed by atoms with Gasteiger partial charge in [-0.15, -0.1) is 0 Å². The number of H-pyrrole nitrogens is 3. The van der Waals surface area contributed by atoms with Gasteiger partial charge in [0.15, 0.2) is 34.4 Å². The number of aromatic amines is 3. The second-order valence-electron chi connectivity index (χ2n) is 17.6. The molecule has 5 unspecified atom stereocenters. The third-order valence-electron chi connectivity index (χ3n) is 12.6. The number of nitrogens with zero attached hydrogens (tertiary/aromatic N) is 9. The highest BCUT2D eigenvalue weighted by molar-refractivity contribution is 7.48. The molecule has 0 radical (unpaired) electrons. The number of anilines is 3. The lowest BCUT2D eigenvalue weighted by molar-refractivity contribution is -0.0583. The topological polar surface area (TPSA) is 495 Å². The fourth-order valence-electron chi connectivity index (χ4n) is 9.26. The standard InChI is InChI=1S/C38H54N15O20P3/c1-64-27-20(10-52-15-45-25-32(52)47-37(40)49-34(25)56)69-22(29(27)73-74(58,59)66-5-3-4-54)13-68-75(60,61)71-19-9-51(7-17-6-42-24-23(17)43-14-44-31(24)39)8-18(19)12-67-76(62,63)72-28-21(11-55)70-36(30(28)65-2)53-16-46-26-33(53)48-38(41)50-35(26)57/h6,14-16,18-22,27-30,36,42,54-55H,3-5,7-13H2,1-2H3,(H,58,59)(H,60,61)(H,62,63)(H2,39,43,44)(H3,40,47,49,56)(H3,41,48,50,57)/t18-,19-,20+,21-,22-,27-,28?,29?,30+,36-/m1/s1. The van der Waals surface area contributed by atoms with Crippen LogP contribution in [0.5, 0.6) is 0 Å². The van der Waals surface area contributed by atoms with Gasteiger partial charge in [-0.2, -0.15) is 9.97 Å². The van der Waals surface area contributed by atoms with Crippen molar-refractivity contribution in [1.82, 2.24) is 58.9 Å². The number of phosphoric acid groups is 3. The normalized spacial score (nSPS) is 27.7. The summed E-state index contributed by atoms with van der Waals surface area (Å²) in [5.41, 5.74) is 17.7. The average molecular weight is 1130 g/mol. The zero-order valence-corrected chi connectivity index (χ0v) is 42.8. The van der Waals surface area contributed by atoms with Gasteiger partial charge in [0.05, 0.1) is 57.2 Å². The Morgan fingerprint density at radius 2 is 1.38 bits per heavy atom. The molecular weight excluding hydrogens is 1080 g/mol. The second kappa shape index (κ2) is 22.6. The van der Waals surface area contributed by atoms with E-state index in [9.17, 15) is 48.2 Å². The van der Waals surface area contributed by atoms with Gasteiger partial charge in [-0.1, -0.05) is 0 Å². The van der Waals surface area contributed by atoms with Crippen molar-refractivity contribution in [3.05, 3.63) is 51.4 Å². The predicted molar refractivity (Wildman–Crippen MR) is 257 cm³/mol. The van der Waals surface area contributed by atoms with Crippen LogP contribution >= 0.6 is 23.5 Å². The number of likely N-dealkylation sites (tertiary alicyclic amines) is 1. The maximum atomic E-state index is 14.0. The quantitative estimate of drug-likeness (QED) is 0.0230. The Kier molecular flexibility index (Phi) is 16.5. The average Bonchev–Trinajstić information content (AvgIpc) is 4.24. The fourth-order valence-corrected chi connectivity index (χ4v) is 12.2. The molecule has 14 N–H and O–H groups in total. The molecule has 416 valence electrons. The van der Waals surface area contributed by atoms with Crippen molar-refractivity contribution in [3.8, 4) is 0 Å². The number of aliphatic hydroxyl groups excluding tert-OH is 2. The predicted octanol–water partition coefficient (Wildman–Crippen LogP) is -2.02. The van der Waals surface area contributed by atoms with Crippen LogP contribution in [-0.4, -0.2) is 193 Å². The molecule has 3 saturated heterocycles. The Labute approximate surface area is 426 Å². The second-order valence-corrected chi connectivity index (χ2v) is 21.8. The van der Waals surface area contributed by atoms with E-state index in [0.717, 1.165) is 0 Å². The van der Waals surface area contributed by atoms with Crippen LogP contribution in [0.1, 0.15) is 18.2 Å². The number of hydrogen-bond donors (Lipinski definition) is 11. The van der Waals surface area contributed by atoms with Gasteiger partial charge in [0.2, 0.25) is 11.9 Å². The highest BCUT2D eigenvalue weighted by atomic mass is 31.2. The van der Waals surface area contributed by atoms with Gasteiger partial charge < -0.3 is 70.6 Å². The number of hydrogen-bond acceptors (Lipinski definition) is 27.